The number of likely N-dealkylation sites (tertiary alicyclic amines) is 1. The van der Waals surface area contributed by atoms with Crippen molar-refractivity contribution in [3.8, 4) is 16.9 Å². The quantitative estimate of drug-likeness (QED) is 0.605. The number of nitrogens with zero attached hydrogens (tertiary/aromatic N) is 4. The summed E-state index contributed by atoms with van der Waals surface area (Å²) in [5.41, 5.74) is 0.877. The topological polar surface area (TPSA) is 117 Å². The number of rotatable bonds is 6. The number of halogens is 1. The number of amides is 1. The predicted molar refractivity (Wildman–Crippen MR) is 114 cm³/mol. The Kier molecular flexibility index (Phi) is 5.93. The van der Waals surface area contributed by atoms with E-state index in [4.69, 9.17) is 5.11 Å². The van der Waals surface area contributed by atoms with Crippen molar-refractivity contribution in [2.45, 2.75) is 18.9 Å². The third-order valence-corrected chi connectivity index (χ3v) is 5.14. The van der Waals surface area contributed by atoms with Crippen molar-refractivity contribution < 1.29 is 19.1 Å². The minimum absolute atomic E-state index is 0.0583. The first-order valence-corrected chi connectivity index (χ1v) is 9.98. The highest BCUT2D eigenvalue weighted by atomic mass is 19.1. The maximum absolute atomic E-state index is 14.5. The van der Waals surface area contributed by atoms with Crippen molar-refractivity contribution in [1.82, 2.24) is 19.4 Å². The number of carboxylic acid groups (broad SMARTS) is 1. The number of carbonyl (C=O) groups excluding carboxylic acids is 1. The molecule has 1 atom stereocenters. The number of carboxylic acids is 1. The lowest BCUT2D eigenvalue weighted by atomic mass is 10.0. The normalized spacial score (nSPS) is 16.1. The lowest BCUT2D eigenvalue weighted by molar-refractivity contribution is -0.145. The van der Waals surface area contributed by atoms with Crippen molar-refractivity contribution in [3.05, 3.63) is 71.0 Å². The molecule has 2 N–H and O–H groups in total. The lowest BCUT2D eigenvalue weighted by Crippen LogP contribution is -2.45. The Hall–Kier alpha value is -4.08. The summed E-state index contributed by atoms with van der Waals surface area (Å²) in [5, 5.41) is 11.9. The molecule has 164 valence electrons. The van der Waals surface area contributed by atoms with E-state index >= 15 is 0 Å². The van der Waals surface area contributed by atoms with E-state index in [0.29, 0.717) is 24.2 Å². The van der Waals surface area contributed by atoms with Gasteiger partial charge >= 0.3 is 5.97 Å². The summed E-state index contributed by atoms with van der Waals surface area (Å²) in [5.74, 6) is -1.80. The fraction of sp³-hybridized carbons (Fsp3) is 0.227. The second kappa shape index (κ2) is 8.96. The van der Waals surface area contributed by atoms with Gasteiger partial charge in [-0.05, 0) is 24.6 Å². The number of hydrogen-bond donors (Lipinski definition) is 2. The van der Waals surface area contributed by atoms with Gasteiger partial charge in [-0.15, -0.1) is 0 Å². The first-order valence-electron chi connectivity index (χ1n) is 9.98. The Bertz CT molecular complexity index is 1230. The van der Waals surface area contributed by atoms with Crippen molar-refractivity contribution in [3.63, 3.8) is 0 Å². The zero-order valence-electron chi connectivity index (χ0n) is 16.9. The van der Waals surface area contributed by atoms with Gasteiger partial charge in [-0.1, -0.05) is 18.2 Å². The number of piperidine rings is 1. The molecule has 0 bridgehead atoms. The number of carbonyl (C=O) groups is 2. The third-order valence-electron chi connectivity index (χ3n) is 5.14. The van der Waals surface area contributed by atoms with Crippen LogP contribution < -0.4 is 10.9 Å². The summed E-state index contributed by atoms with van der Waals surface area (Å²) in [6.45, 7) is -0.0334. The van der Waals surface area contributed by atoms with E-state index in [1.165, 1.54) is 15.5 Å². The number of nitrogens with one attached hydrogen (secondary N) is 1. The van der Waals surface area contributed by atoms with E-state index in [9.17, 15) is 18.8 Å². The molecule has 2 aromatic heterocycles. The molecule has 4 rings (SSSR count). The van der Waals surface area contributed by atoms with Gasteiger partial charge in [-0.3, -0.25) is 19.0 Å². The molecule has 0 aliphatic carbocycles. The molecule has 1 aliphatic heterocycles. The molecule has 1 aromatic carbocycles. The van der Waals surface area contributed by atoms with Crippen LogP contribution in [0, 0.1) is 5.82 Å². The average molecular weight is 437 g/mol. The van der Waals surface area contributed by atoms with Gasteiger partial charge in [0.05, 0.1) is 6.20 Å². The van der Waals surface area contributed by atoms with Crippen molar-refractivity contribution in [2.24, 2.45) is 0 Å². The molecule has 1 aliphatic rings. The molecule has 32 heavy (non-hydrogen) atoms. The molecule has 1 unspecified atom stereocenters. The van der Waals surface area contributed by atoms with Gasteiger partial charge in [0.2, 0.25) is 11.9 Å². The number of anilines is 1. The van der Waals surface area contributed by atoms with Crippen molar-refractivity contribution in [1.29, 1.82) is 0 Å². The molecule has 0 radical (unpaired) electrons. The summed E-state index contributed by atoms with van der Waals surface area (Å²) < 4.78 is 16.0. The maximum Gasteiger partial charge on any atom is 0.323 e. The minimum Gasteiger partial charge on any atom is -0.480 e. The molecule has 1 amide bonds. The maximum atomic E-state index is 14.5. The summed E-state index contributed by atoms with van der Waals surface area (Å²) in [4.78, 5) is 44.7. The Labute approximate surface area is 182 Å². The van der Waals surface area contributed by atoms with Gasteiger partial charge in [0, 0.05) is 42.5 Å². The predicted octanol–water partition coefficient (Wildman–Crippen LogP) is 1.92. The van der Waals surface area contributed by atoms with E-state index in [1.807, 2.05) is 0 Å². The third kappa shape index (κ3) is 4.64. The molecule has 9 nitrogen and oxygen atoms in total. The molecule has 3 heterocycles. The van der Waals surface area contributed by atoms with E-state index in [0.717, 1.165) is 6.20 Å². The molecule has 3 aromatic rings. The Morgan fingerprint density at radius 1 is 1.22 bits per heavy atom. The zero-order valence-corrected chi connectivity index (χ0v) is 16.9. The van der Waals surface area contributed by atoms with E-state index in [1.54, 1.807) is 42.6 Å². The van der Waals surface area contributed by atoms with Crippen LogP contribution in [0.1, 0.15) is 12.8 Å². The fourth-order valence-corrected chi connectivity index (χ4v) is 3.60. The highest BCUT2D eigenvalue weighted by molar-refractivity contribution is 5.82. The fourth-order valence-electron chi connectivity index (χ4n) is 3.60. The molecule has 0 spiro atoms. The lowest BCUT2D eigenvalue weighted by Gasteiger charge is -2.31. The first-order chi connectivity index (χ1) is 15.4. The minimum atomic E-state index is -1.06. The summed E-state index contributed by atoms with van der Waals surface area (Å²) in [6, 6.07) is 11.3. The number of aromatic nitrogens is 3. The van der Waals surface area contributed by atoms with Crippen LogP contribution in [-0.4, -0.2) is 55.5 Å². The summed E-state index contributed by atoms with van der Waals surface area (Å²) >= 11 is 0. The number of hydrogen-bond acceptors (Lipinski definition) is 6. The Balaban J connectivity index is 1.55. The molecular formula is C22H20FN5O4. The zero-order chi connectivity index (χ0) is 22.7. The van der Waals surface area contributed by atoms with Crippen LogP contribution in [0.25, 0.3) is 16.9 Å². The molecule has 1 saturated heterocycles. The molecule has 1 fully saturated rings. The van der Waals surface area contributed by atoms with Gasteiger partial charge in [-0.25, -0.2) is 14.4 Å². The monoisotopic (exact) mass is 437 g/mol. The highest BCUT2D eigenvalue weighted by Crippen LogP contribution is 2.24. The number of benzene rings is 1. The van der Waals surface area contributed by atoms with Crippen molar-refractivity contribution in [2.75, 3.05) is 18.4 Å². The second-order valence-corrected chi connectivity index (χ2v) is 7.39. The van der Waals surface area contributed by atoms with Crippen LogP contribution in [0.5, 0.6) is 0 Å². The van der Waals surface area contributed by atoms with E-state index in [2.05, 4.69) is 15.3 Å². The van der Waals surface area contributed by atoms with Gasteiger partial charge in [-0.2, -0.15) is 0 Å². The van der Waals surface area contributed by atoms with Crippen LogP contribution >= 0.6 is 0 Å². The highest BCUT2D eigenvalue weighted by Gasteiger charge is 2.27. The average Bonchev–Trinajstić information content (AvgIpc) is 2.77. The van der Waals surface area contributed by atoms with Gasteiger partial charge in [0.1, 0.15) is 12.2 Å². The van der Waals surface area contributed by atoms with Gasteiger partial charge in [0.15, 0.2) is 5.82 Å². The van der Waals surface area contributed by atoms with E-state index in [-0.39, 0.29) is 42.1 Å². The van der Waals surface area contributed by atoms with Crippen LogP contribution in [0.2, 0.25) is 0 Å². The van der Waals surface area contributed by atoms with Crippen LogP contribution in [0.3, 0.4) is 0 Å². The smallest absolute Gasteiger partial charge is 0.323 e. The van der Waals surface area contributed by atoms with Gasteiger partial charge < -0.3 is 15.3 Å². The molecule has 0 saturated carbocycles. The molecular weight excluding hydrogens is 417 g/mol. The SMILES string of the molecule is O=C(O)CN1CCC(Nc2ncc(F)c(-c3cccc(-n4ccccc4=O)c3)n2)CC1=O. The van der Waals surface area contributed by atoms with Crippen LogP contribution in [-0.2, 0) is 9.59 Å². The van der Waals surface area contributed by atoms with E-state index < -0.39 is 11.8 Å². The first kappa shape index (κ1) is 21.2. The Morgan fingerprint density at radius 2 is 2.06 bits per heavy atom. The van der Waals surface area contributed by atoms with Crippen molar-refractivity contribution >= 4 is 17.8 Å². The van der Waals surface area contributed by atoms with Crippen LogP contribution in [0.4, 0.5) is 10.3 Å². The molecule has 10 heteroatoms. The largest absolute Gasteiger partial charge is 0.480 e. The summed E-state index contributed by atoms with van der Waals surface area (Å²) in [7, 11) is 0. The summed E-state index contributed by atoms with van der Waals surface area (Å²) in [6.07, 6.45) is 3.28. The second-order valence-electron chi connectivity index (χ2n) is 7.39. The van der Waals surface area contributed by atoms with Gasteiger partial charge in [0.25, 0.3) is 5.56 Å². The standard InChI is InChI=1S/C22H20FN5O4/c23-17-12-24-22(25-15-7-9-27(13-20(31)32)19(30)11-15)26-21(17)14-4-3-5-16(10-14)28-8-2-1-6-18(28)29/h1-6,8,10,12,15H,7,9,11,13H2,(H,31,32)(H,24,25,26). The number of pyridine rings is 1. The number of aliphatic carboxylic acids is 1. The Morgan fingerprint density at radius 3 is 2.81 bits per heavy atom. The van der Waals surface area contributed by atoms with Crippen LogP contribution in [0.15, 0.2) is 59.7 Å².